The summed E-state index contributed by atoms with van der Waals surface area (Å²) in [7, 11) is -3.18. The van der Waals surface area contributed by atoms with Crippen molar-refractivity contribution in [3.63, 3.8) is 0 Å². The molecule has 2 aromatic carbocycles. The standard InChI is InChI=1S/C22H25N3O4S/c1-16-23-22(29-24-16)25-13-11-17(12-14-25)15-28-20-7-3-18(4-8-20)19-5-9-21(10-6-19)30(2,26)27/h3-10,17H,11-15H2,1-2H3. The van der Waals surface area contributed by atoms with Crippen molar-refractivity contribution in [2.45, 2.75) is 24.7 Å². The van der Waals surface area contributed by atoms with Gasteiger partial charge < -0.3 is 14.2 Å². The molecule has 0 N–H and O–H groups in total. The number of hydrogen-bond donors (Lipinski definition) is 0. The third-order valence-corrected chi connectivity index (χ3v) is 6.49. The van der Waals surface area contributed by atoms with E-state index in [-0.39, 0.29) is 0 Å². The summed E-state index contributed by atoms with van der Waals surface area (Å²) in [5.41, 5.74) is 1.99. The molecule has 0 saturated carbocycles. The van der Waals surface area contributed by atoms with Gasteiger partial charge in [-0.15, -0.1) is 0 Å². The molecule has 0 spiro atoms. The Morgan fingerprint density at radius 1 is 1.03 bits per heavy atom. The minimum absolute atomic E-state index is 0.325. The second-order valence-electron chi connectivity index (χ2n) is 7.69. The first kappa shape index (κ1) is 20.4. The lowest BCUT2D eigenvalue weighted by Gasteiger charge is -2.30. The summed E-state index contributed by atoms with van der Waals surface area (Å²) < 4.78 is 34.4. The van der Waals surface area contributed by atoms with Crippen LogP contribution in [-0.4, -0.2) is 44.5 Å². The van der Waals surface area contributed by atoms with E-state index in [1.165, 1.54) is 6.26 Å². The fourth-order valence-electron chi connectivity index (χ4n) is 3.56. The zero-order valence-corrected chi connectivity index (χ0v) is 17.9. The number of sulfone groups is 1. The summed E-state index contributed by atoms with van der Waals surface area (Å²) in [5, 5.41) is 3.85. The van der Waals surface area contributed by atoms with Crippen molar-refractivity contribution in [2.75, 3.05) is 30.9 Å². The lowest BCUT2D eigenvalue weighted by molar-refractivity contribution is 0.220. The second kappa shape index (κ2) is 8.47. The maximum absolute atomic E-state index is 11.6. The van der Waals surface area contributed by atoms with Gasteiger partial charge in [0.15, 0.2) is 15.7 Å². The zero-order chi connectivity index (χ0) is 21.1. The van der Waals surface area contributed by atoms with Crippen LogP contribution in [0.25, 0.3) is 11.1 Å². The second-order valence-corrected chi connectivity index (χ2v) is 9.70. The Bertz CT molecular complexity index is 1080. The molecule has 0 aliphatic carbocycles. The molecule has 3 aromatic rings. The molecule has 0 atom stereocenters. The van der Waals surface area contributed by atoms with E-state index >= 15 is 0 Å². The van der Waals surface area contributed by atoms with Gasteiger partial charge in [-0.05, 0) is 61.1 Å². The fourth-order valence-corrected chi connectivity index (χ4v) is 4.19. The third kappa shape index (κ3) is 4.81. The van der Waals surface area contributed by atoms with E-state index in [2.05, 4.69) is 15.0 Å². The first-order valence-corrected chi connectivity index (χ1v) is 11.9. The number of aromatic nitrogens is 2. The van der Waals surface area contributed by atoms with Crippen molar-refractivity contribution in [3.8, 4) is 16.9 Å². The molecule has 1 aliphatic heterocycles. The van der Waals surface area contributed by atoms with Crippen LogP contribution in [0.2, 0.25) is 0 Å². The summed E-state index contributed by atoms with van der Waals surface area (Å²) in [5.74, 6) is 1.99. The van der Waals surface area contributed by atoms with Crippen molar-refractivity contribution in [1.82, 2.24) is 10.1 Å². The number of benzene rings is 2. The van der Waals surface area contributed by atoms with Gasteiger partial charge in [0.05, 0.1) is 11.5 Å². The van der Waals surface area contributed by atoms with Gasteiger partial charge >= 0.3 is 6.01 Å². The van der Waals surface area contributed by atoms with Crippen LogP contribution in [-0.2, 0) is 9.84 Å². The summed E-state index contributed by atoms with van der Waals surface area (Å²) in [6, 6.07) is 15.4. The van der Waals surface area contributed by atoms with Crippen molar-refractivity contribution in [2.24, 2.45) is 5.92 Å². The molecular formula is C22H25N3O4S. The summed E-state index contributed by atoms with van der Waals surface area (Å²) in [6.45, 7) is 4.28. The minimum atomic E-state index is -3.18. The van der Waals surface area contributed by atoms with Crippen LogP contribution in [0.4, 0.5) is 6.01 Å². The van der Waals surface area contributed by atoms with Gasteiger partial charge in [-0.3, -0.25) is 0 Å². The lowest BCUT2D eigenvalue weighted by atomic mass is 9.98. The molecule has 30 heavy (non-hydrogen) atoms. The zero-order valence-electron chi connectivity index (χ0n) is 17.1. The highest BCUT2D eigenvalue weighted by Crippen LogP contribution is 2.26. The number of piperidine rings is 1. The summed E-state index contributed by atoms with van der Waals surface area (Å²) in [4.78, 5) is 6.74. The lowest BCUT2D eigenvalue weighted by Crippen LogP contribution is -2.35. The molecule has 0 unspecified atom stereocenters. The SMILES string of the molecule is Cc1noc(N2CCC(COc3ccc(-c4ccc(S(C)(=O)=O)cc4)cc3)CC2)n1. The van der Waals surface area contributed by atoms with Gasteiger partial charge in [0.25, 0.3) is 0 Å². The number of hydrogen-bond acceptors (Lipinski definition) is 7. The maximum atomic E-state index is 11.6. The molecule has 7 nitrogen and oxygen atoms in total. The highest BCUT2D eigenvalue weighted by molar-refractivity contribution is 7.90. The predicted molar refractivity (Wildman–Crippen MR) is 114 cm³/mol. The van der Waals surface area contributed by atoms with Crippen LogP contribution < -0.4 is 9.64 Å². The first-order chi connectivity index (χ1) is 14.4. The Morgan fingerprint density at radius 2 is 1.63 bits per heavy atom. The van der Waals surface area contributed by atoms with E-state index in [9.17, 15) is 8.42 Å². The minimum Gasteiger partial charge on any atom is -0.493 e. The molecule has 1 saturated heterocycles. The average molecular weight is 428 g/mol. The predicted octanol–water partition coefficient (Wildman–Crippen LogP) is 3.74. The molecule has 0 bridgehead atoms. The Hall–Kier alpha value is -2.87. The van der Waals surface area contributed by atoms with Crippen LogP contribution in [0.15, 0.2) is 57.9 Å². The Labute approximate surface area is 176 Å². The van der Waals surface area contributed by atoms with Crippen LogP contribution in [0.1, 0.15) is 18.7 Å². The van der Waals surface area contributed by atoms with Gasteiger partial charge in [0.2, 0.25) is 0 Å². The van der Waals surface area contributed by atoms with E-state index in [1.54, 1.807) is 12.1 Å². The van der Waals surface area contributed by atoms with Gasteiger partial charge in [0, 0.05) is 19.3 Å². The van der Waals surface area contributed by atoms with Crippen LogP contribution in [0, 0.1) is 12.8 Å². The fraction of sp³-hybridized carbons (Fsp3) is 0.364. The Balaban J connectivity index is 1.29. The Morgan fingerprint density at radius 3 is 2.17 bits per heavy atom. The van der Waals surface area contributed by atoms with Gasteiger partial charge in [-0.25, -0.2) is 8.42 Å². The number of aryl methyl sites for hydroxylation is 1. The van der Waals surface area contributed by atoms with E-state index < -0.39 is 9.84 Å². The average Bonchev–Trinajstić information content (AvgIpc) is 3.19. The number of ether oxygens (including phenoxy) is 1. The van der Waals surface area contributed by atoms with Crippen molar-refractivity contribution < 1.29 is 17.7 Å². The van der Waals surface area contributed by atoms with E-state index in [0.717, 1.165) is 42.8 Å². The highest BCUT2D eigenvalue weighted by atomic mass is 32.2. The van der Waals surface area contributed by atoms with Crippen molar-refractivity contribution in [3.05, 3.63) is 54.4 Å². The molecule has 1 aromatic heterocycles. The summed E-state index contributed by atoms with van der Waals surface area (Å²) in [6.07, 6.45) is 3.25. The third-order valence-electron chi connectivity index (χ3n) is 5.36. The van der Waals surface area contributed by atoms with Crippen LogP contribution >= 0.6 is 0 Å². The number of nitrogens with zero attached hydrogens (tertiary/aromatic N) is 3. The van der Waals surface area contributed by atoms with Crippen molar-refractivity contribution in [1.29, 1.82) is 0 Å². The molecule has 4 rings (SSSR count). The van der Waals surface area contributed by atoms with Gasteiger partial charge in [-0.1, -0.05) is 29.4 Å². The Kier molecular flexibility index (Phi) is 5.76. The van der Waals surface area contributed by atoms with E-state index in [1.807, 2.05) is 43.3 Å². The molecule has 2 heterocycles. The summed E-state index contributed by atoms with van der Waals surface area (Å²) >= 11 is 0. The van der Waals surface area contributed by atoms with Gasteiger partial charge in [0.1, 0.15) is 5.75 Å². The largest absolute Gasteiger partial charge is 0.493 e. The monoisotopic (exact) mass is 427 g/mol. The van der Waals surface area contributed by atoms with E-state index in [4.69, 9.17) is 9.26 Å². The number of anilines is 1. The van der Waals surface area contributed by atoms with Crippen molar-refractivity contribution >= 4 is 15.9 Å². The first-order valence-electron chi connectivity index (χ1n) is 9.97. The quantitative estimate of drug-likeness (QED) is 0.592. The number of rotatable bonds is 6. The van der Waals surface area contributed by atoms with Crippen LogP contribution in [0.5, 0.6) is 5.75 Å². The van der Waals surface area contributed by atoms with Gasteiger partial charge in [-0.2, -0.15) is 4.98 Å². The molecule has 0 radical (unpaired) electrons. The molecular weight excluding hydrogens is 402 g/mol. The smallest absolute Gasteiger partial charge is 0.324 e. The molecule has 1 fully saturated rings. The highest BCUT2D eigenvalue weighted by Gasteiger charge is 2.23. The molecule has 0 amide bonds. The normalized spacial score (nSPS) is 15.3. The van der Waals surface area contributed by atoms with E-state index in [0.29, 0.717) is 29.3 Å². The molecule has 8 heteroatoms. The molecule has 1 aliphatic rings. The van der Waals surface area contributed by atoms with Crippen LogP contribution in [0.3, 0.4) is 0 Å². The topological polar surface area (TPSA) is 85.5 Å². The molecule has 158 valence electrons. The maximum Gasteiger partial charge on any atom is 0.324 e.